The van der Waals surface area contributed by atoms with E-state index >= 15 is 0 Å². The number of carbonyl (C=O) groups is 2. The molecule has 2 saturated heterocycles. The molecule has 0 bridgehead atoms. The van der Waals surface area contributed by atoms with Crippen molar-refractivity contribution >= 4 is 11.7 Å². The van der Waals surface area contributed by atoms with Crippen LogP contribution in [0.15, 0.2) is 0 Å². The molecule has 2 fully saturated rings. The quantitative estimate of drug-likeness (QED) is 0.716. The van der Waals surface area contributed by atoms with E-state index in [0.717, 1.165) is 26.1 Å². The first-order valence-electron chi connectivity index (χ1n) is 6.70. The van der Waals surface area contributed by atoms with E-state index in [1.807, 2.05) is 4.90 Å². The average Bonchev–Trinajstić information content (AvgIpc) is 2.78. The van der Waals surface area contributed by atoms with Crippen molar-refractivity contribution in [3.8, 4) is 0 Å². The van der Waals surface area contributed by atoms with Gasteiger partial charge in [-0.2, -0.15) is 0 Å². The van der Waals surface area contributed by atoms with E-state index in [0.29, 0.717) is 38.4 Å². The Labute approximate surface area is 108 Å². The second kappa shape index (κ2) is 6.29. The molecule has 1 atom stereocenters. The number of carbonyl (C=O) groups excluding carboxylic acids is 2. The fraction of sp³-hybridized carbons (Fsp3) is 0.846. The van der Waals surface area contributed by atoms with E-state index in [9.17, 15) is 9.59 Å². The summed E-state index contributed by atoms with van der Waals surface area (Å²) in [4.78, 5) is 27.2. The number of rotatable bonds is 4. The van der Waals surface area contributed by atoms with Crippen LogP contribution < -0.4 is 0 Å². The molecular formula is C13H22N2O3. The predicted molar refractivity (Wildman–Crippen MR) is 67.2 cm³/mol. The van der Waals surface area contributed by atoms with Gasteiger partial charge in [0.1, 0.15) is 5.78 Å². The molecule has 0 N–H and O–H groups in total. The monoisotopic (exact) mass is 254 g/mol. The molecule has 2 heterocycles. The van der Waals surface area contributed by atoms with Crippen LogP contribution in [0.3, 0.4) is 0 Å². The minimum Gasteiger partial charge on any atom is -0.384 e. The van der Waals surface area contributed by atoms with Crippen LogP contribution >= 0.6 is 0 Å². The van der Waals surface area contributed by atoms with Crippen molar-refractivity contribution in [3.05, 3.63) is 0 Å². The van der Waals surface area contributed by atoms with Gasteiger partial charge in [-0.15, -0.1) is 0 Å². The lowest BCUT2D eigenvalue weighted by molar-refractivity contribution is -0.135. The zero-order valence-corrected chi connectivity index (χ0v) is 11.1. The average molecular weight is 254 g/mol. The molecule has 2 aliphatic heterocycles. The van der Waals surface area contributed by atoms with Crippen LogP contribution in [-0.4, -0.2) is 67.9 Å². The smallest absolute Gasteiger partial charge is 0.236 e. The maximum atomic E-state index is 12.1. The third kappa shape index (κ3) is 3.53. The Bertz CT molecular complexity index is 309. The number of methoxy groups -OCH3 is 1. The van der Waals surface area contributed by atoms with Crippen molar-refractivity contribution in [1.82, 2.24) is 9.80 Å². The summed E-state index contributed by atoms with van der Waals surface area (Å²) in [7, 11) is 1.72. The molecule has 0 aromatic heterocycles. The number of hydrogen-bond donors (Lipinski definition) is 0. The number of piperidine rings is 1. The Hall–Kier alpha value is -0.940. The van der Waals surface area contributed by atoms with Crippen LogP contribution in [0, 0.1) is 5.92 Å². The highest BCUT2D eigenvalue weighted by Gasteiger charge is 2.27. The molecule has 0 aromatic rings. The standard InChI is InChI=1S/C13H22N2O3/c1-18-10-11-2-5-14(8-11)9-13(17)15-6-3-12(16)4-7-15/h11H,2-10H2,1H3. The van der Waals surface area contributed by atoms with Crippen molar-refractivity contribution in [3.63, 3.8) is 0 Å². The maximum Gasteiger partial charge on any atom is 0.236 e. The third-order valence-electron chi connectivity index (χ3n) is 3.81. The molecule has 0 aliphatic carbocycles. The van der Waals surface area contributed by atoms with E-state index < -0.39 is 0 Å². The van der Waals surface area contributed by atoms with Crippen LogP contribution in [0.1, 0.15) is 19.3 Å². The Balaban J connectivity index is 1.73. The summed E-state index contributed by atoms with van der Waals surface area (Å²) in [6, 6.07) is 0. The topological polar surface area (TPSA) is 49.9 Å². The molecule has 18 heavy (non-hydrogen) atoms. The van der Waals surface area contributed by atoms with Crippen LogP contribution in [0.2, 0.25) is 0 Å². The Morgan fingerprint density at radius 3 is 2.72 bits per heavy atom. The number of Topliss-reactive ketones (excluding diaryl/α,β-unsaturated/α-hetero) is 1. The highest BCUT2D eigenvalue weighted by Crippen LogP contribution is 2.16. The molecule has 102 valence electrons. The minimum absolute atomic E-state index is 0.167. The molecule has 2 aliphatic rings. The van der Waals surface area contributed by atoms with Gasteiger partial charge in [0.15, 0.2) is 0 Å². The second-order valence-electron chi connectivity index (χ2n) is 5.26. The maximum absolute atomic E-state index is 12.1. The highest BCUT2D eigenvalue weighted by atomic mass is 16.5. The summed E-state index contributed by atoms with van der Waals surface area (Å²) in [5.74, 6) is 1.01. The zero-order chi connectivity index (χ0) is 13.0. The van der Waals surface area contributed by atoms with Crippen LogP contribution in [0.4, 0.5) is 0 Å². The summed E-state index contributed by atoms with van der Waals surface area (Å²) >= 11 is 0. The predicted octanol–water partition coefficient (Wildman–Crippen LogP) is 0.146. The zero-order valence-electron chi connectivity index (χ0n) is 11.1. The van der Waals surface area contributed by atoms with E-state index in [1.165, 1.54) is 0 Å². The molecule has 5 heteroatoms. The van der Waals surface area contributed by atoms with Gasteiger partial charge in [-0.05, 0) is 18.9 Å². The van der Waals surface area contributed by atoms with Gasteiger partial charge in [0.05, 0.1) is 13.2 Å². The largest absolute Gasteiger partial charge is 0.384 e. The normalized spacial score (nSPS) is 25.7. The lowest BCUT2D eigenvalue weighted by Gasteiger charge is -2.28. The number of hydrogen-bond acceptors (Lipinski definition) is 4. The van der Waals surface area contributed by atoms with E-state index in [2.05, 4.69) is 4.90 Å². The molecule has 0 spiro atoms. The first-order chi connectivity index (χ1) is 8.69. The molecule has 1 unspecified atom stereocenters. The fourth-order valence-electron chi connectivity index (χ4n) is 2.73. The Morgan fingerprint density at radius 2 is 2.06 bits per heavy atom. The van der Waals surface area contributed by atoms with Crippen molar-refractivity contribution in [2.75, 3.05) is 46.4 Å². The van der Waals surface area contributed by atoms with Crippen LogP contribution in [0.25, 0.3) is 0 Å². The number of ketones is 1. The third-order valence-corrected chi connectivity index (χ3v) is 3.81. The Kier molecular flexibility index (Phi) is 4.72. The van der Waals surface area contributed by atoms with Gasteiger partial charge in [0.25, 0.3) is 0 Å². The van der Waals surface area contributed by atoms with E-state index in [1.54, 1.807) is 7.11 Å². The molecule has 1 amide bonds. The highest BCUT2D eigenvalue weighted by molar-refractivity contribution is 5.84. The van der Waals surface area contributed by atoms with Crippen molar-refractivity contribution in [2.24, 2.45) is 5.92 Å². The summed E-state index contributed by atoms with van der Waals surface area (Å²) in [6.45, 7) is 4.41. The van der Waals surface area contributed by atoms with Crippen LogP contribution in [0.5, 0.6) is 0 Å². The van der Waals surface area contributed by atoms with Gasteiger partial charge in [-0.1, -0.05) is 0 Å². The van der Waals surface area contributed by atoms with Gasteiger partial charge in [0.2, 0.25) is 5.91 Å². The van der Waals surface area contributed by atoms with Crippen molar-refractivity contribution in [1.29, 1.82) is 0 Å². The number of ether oxygens (including phenoxy) is 1. The molecule has 2 rings (SSSR count). The number of likely N-dealkylation sites (tertiary alicyclic amines) is 2. The molecule has 0 saturated carbocycles. The summed E-state index contributed by atoms with van der Waals surface area (Å²) in [6.07, 6.45) is 2.16. The Morgan fingerprint density at radius 1 is 1.33 bits per heavy atom. The van der Waals surface area contributed by atoms with Crippen molar-refractivity contribution in [2.45, 2.75) is 19.3 Å². The van der Waals surface area contributed by atoms with Gasteiger partial charge in [-0.25, -0.2) is 0 Å². The first kappa shape index (κ1) is 13.5. The fourth-order valence-corrected chi connectivity index (χ4v) is 2.73. The number of amides is 1. The first-order valence-corrected chi connectivity index (χ1v) is 6.70. The number of nitrogens with zero attached hydrogens (tertiary/aromatic N) is 2. The van der Waals surface area contributed by atoms with Gasteiger partial charge in [0, 0.05) is 39.6 Å². The second-order valence-corrected chi connectivity index (χ2v) is 5.26. The molecular weight excluding hydrogens is 232 g/mol. The van der Waals surface area contributed by atoms with E-state index in [-0.39, 0.29) is 11.7 Å². The summed E-state index contributed by atoms with van der Waals surface area (Å²) < 4.78 is 5.15. The van der Waals surface area contributed by atoms with E-state index in [4.69, 9.17) is 4.74 Å². The molecule has 5 nitrogen and oxygen atoms in total. The summed E-state index contributed by atoms with van der Waals surface area (Å²) in [5.41, 5.74) is 0. The van der Waals surface area contributed by atoms with Gasteiger partial charge in [-0.3, -0.25) is 14.5 Å². The van der Waals surface area contributed by atoms with Crippen LogP contribution in [-0.2, 0) is 14.3 Å². The van der Waals surface area contributed by atoms with Crippen molar-refractivity contribution < 1.29 is 14.3 Å². The minimum atomic E-state index is 0.167. The van der Waals surface area contributed by atoms with Gasteiger partial charge >= 0.3 is 0 Å². The molecule has 0 aromatic carbocycles. The summed E-state index contributed by atoms with van der Waals surface area (Å²) in [5, 5.41) is 0. The van der Waals surface area contributed by atoms with Gasteiger partial charge < -0.3 is 9.64 Å². The lowest BCUT2D eigenvalue weighted by atomic mass is 10.1. The lowest BCUT2D eigenvalue weighted by Crippen LogP contribution is -2.43. The molecule has 0 radical (unpaired) electrons. The SMILES string of the molecule is COCC1CCN(CC(=O)N2CCC(=O)CC2)C1.